The van der Waals surface area contributed by atoms with Gasteiger partial charge in [0.1, 0.15) is 12.2 Å². The van der Waals surface area contributed by atoms with E-state index in [1.165, 1.54) is 13.8 Å². The number of Topliss-reactive ketones (excluding diaryl/α,β-unsaturated/α-hetero) is 1. The van der Waals surface area contributed by atoms with Gasteiger partial charge >= 0.3 is 5.97 Å². The summed E-state index contributed by atoms with van der Waals surface area (Å²) in [6.07, 6.45) is 2.45. The molecule has 0 aliphatic heterocycles. The van der Waals surface area contributed by atoms with Crippen LogP contribution in [0.25, 0.3) is 0 Å². The zero-order valence-corrected chi connectivity index (χ0v) is 15.0. The van der Waals surface area contributed by atoms with Crippen LogP contribution in [-0.4, -0.2) is 54.8 Å². The van der Waals surface area contributed by atoms with Crippen molar-refractivity contribution in [1.82, 2.24) is 0 Å². The van der Waals surface area contributed by atoms with Gasteiger partial charge in [-0.25, -0.2) is 0 Å². The lowest BCUT2D eigenvalue weighted by Crippen LogP contribution is -2.30. The number of esters is 1. The van der Waals surface area contributed by atoms with Gasteiger partial charge in [-0.05, 0) is 20.1 Å². The Balaban J connectivity index is 0.000000423. The van der Waals surface area contributed by atoms with Crippen molar-refractivity contribution in [3.05, 3.63) is 35.9 Å². The second-order valence-corrected chi connectivity index (χ2v) is 6.20. The van der Waals surface area contributed by atoms with Gasteiger partial charge < -0.3 is 14.6 Å². The van der Waals surface area contributed by atoms with E-state index in [4.69, 9.17) is 9.47 Å². The summed E-state index contributed by atoms with van der Waals surface area (Å²) in [4.78, 5) is 22.2. The van der Waals surface area contributed by atoms with Crippen molar-refractivity contribution in [3.63, 3.8) is 0 Å². The Labute approximate surface area is 142 Å². The highest BCUT2D eigenvalue weighted by Gasteiger charge is 2.24. The fraction of sp³-hybridized carbons (Fsp3) is 0.529. The summed E-state index contributed by atoms with van der Waals surface area (Å²) in [6.45, 7) is 3.82. The molecule has 1 rings (SSSR count). The largest absolute Gasteiger partial charge is 0.463 e. The van der Waals surface area contributed by atoms with Crippen LogP contribution in [0.1, 0.15) is 30.6 Å². The first-order chi connectivity index (χ1) is 10.8. The van der Waals surface area contributed by atoms with Crippen LogP contribution in [0.15, 0.2) is 30.3 Å². The molecule has 0 aliphatic carbocycles. The Hall–Kier alpha value is -1.37. The lowest BCUT2D eigenvalue weighted by atomic mass is 9.97. The maximum absolute atomic E-state index is 11.4. The van der Waals surface area contributed by atoms with E-state index in [1.54, 1.807) is 43.1 Å². The van der Waals surface area contributed by atoms with Crippen molar-refractivity contribution < 1.29 is 24.2 Å². The highest BCUT2D eigenvalue weighted by molar-refractivity contribution is 7.98. The van der Waals surface area contributed by atoms with Crippen LogP contribution in [0.4, 0.5) is 0 Å². The Bertz CT molecular complexity index is 454. The average molecular weight is 342 g/mol. The molecule has 0 amide bonds. The minimum Gasteiger partial charge on any atom is -0.463 e. The molecule has 130 valence electrons. The van der Waals surface area contributed by atoms with E-state index in [0.717, 1.165) is 5.75 Å². The minimum absolute atomic E-state index is 0.142. The third-order valence-corrected chi connectivity index (χ3v) is 3.26. The zero-order valence-electron chi connectivity index (χ0n) is 14.2. The molecule has 0 saturated heterocycles. The lowest BCUT2D eigenvalue weighted by molar-refractivity contribution is -0.144. The van der Waals surface area contributed by atoms with Crippen LogP contribution in [0.2, 0.25) is 0 Å². The fourth-order valence-corrected chi connectivity index (χ4v) is 1.81. The smallest absolute Gasteiger partial charge is 0.306 e. The molecule has 1 aromatic carbocycles. The number of carbonyl (C=O) groups excluding carboxylic acids is 2. The highest BCUT2D eigenvalue weighted by atomic mass is 32.2. The summed E-state index contributed by atoms with van der Waals surface area (Å²) in [5.41, 5.74) is -0.730. The van der Waals surface area contributed by atoms with E-state index in [1.807, 2.05) is 12.3 Å². The van der Waals surface area contributed by atoms with Crippen LogP contribution < -0.4 is 0 Å². The number of methoxy groups -OCH3 is 1. The van der Waals surface area contributed by atoms with Gasteiger partial charge in [-0.2, -0.15) is 11.8 Å². The molecule has 0 spiro atoms. The summed E-state index contributed by atoms with van der Waals surface area (Å²) >= 11 is 1.64. The van der Waals surface area contributed by atoms with E-state index in [9.17, 15) is 14.7 Å². The van der Waals surface area contributed by atoms with Crippen molar-refractivity contribution in [3.8, 4) is 0 Å². The van der Waals surface area contributed by atoms with E-state index in [0.29, 0.717) is 25.2 Å². The molecule has 6 heteroatoms. The van der Waals surface area contributed by atoms with Gasteiger partial charge in [0, 0.05) is 18.4 Å². The molecule has 0 saturated carbocycles. The predicted molar refractivity (Wildman–Crippen MR) is 92.9 cm³/mol. The summed E-state index contributed by atoms with van der Waals surface area (Å²) in [5, 5.41) is 9.39. The molecule has 1 aromatic rings. The molecule has 0 atom stereocenters. The highest BCUT2D eigenvalue weighted by Crippen LogP contribution is 2.11. The summed E-state index contributed by atoms with van der Waals surface area (Å²) in [7, 11) is 1.58. The number of benzene rings is 1. The standard InChI is InChI=1S/C10H12O2.C7H14O3S/c1-10(2,12)9(11)8-6-4-3-5-7-8;1-9-4-5-10-7(8)3-6-11-2/h3-7,12H,1-2H3;3-6H2,1-2H3. The summed E-state index contributed by atoms with van der Waals surface area (Å²) < 4.78 is 9.52. The van der Waals surface area contributed by atoms with Gasteiger partial charge in [0.05, 0.1) is 13.0 Å². The molecular formula is C17H26O5S. The molecular weight excluding hydrogens is 316 g/mol. The predicted octanol–water partition coefficient (Wildman–Crippen LogP) is 2.57. The Morgan fingerprint density at radius 1 is 1.17 bits per heavy atom. The SMILES string of the molecule is CC(C)(O)C(=O)c1ccccc1.COCCOC(=O)CCSC. The van der Waals surface area contributed by atoms with Crippen LogP contribution in [-0.2, 0) is 14.3 Å². The second-order valence-electron chi connectivity index (χ2n) is 5.21. The number of rotatable bonds is 8. The quantitative estimate of drug-likeness (QED) is 0.445. The van der Waals surface area contributed by atoms with E-state index >= 15 is 0 Å². The number of ketones is 1. The van der Waals surface area contributed by atoms with Crippen molar-refractivity contribution in [2.75, 3.05) is 32.3 Å². The third-order valence-electron chi connectivity index (χ3n) is 2.65. The zero-order chi connectivity index (χ0) is 17.7. The molecule has 0 aliphatic rings. The van der Waals surface area contributed by atoms with Gasteiger partial charge in [-0.3, -0.25) is 9.59 Å². The van der Waals surface area contributed by atoms with Crippen LogP contribution in [0, 0.1) is 0 Å². The first kappa shape index (κ1) is 21.6. The third kappa shape index (κ3) is 10.9. The van der Waals surface area contributed by atoms with Crippen molar-refractivity contribution in [2.45, 2.75) is 25.9 Å². The lowest BCUT2D eigenvalue weighted by Gasteiger charge is -2.14. The maximum atomic E-state index is 11.4. The topological polar surface area (TPSA) is 72.8 Å². The molecule has 0 bridgehead atoms. The number of ether oxygens (including phenoxy) is 2. The number of hydrogen-bond acceptors (Lipinski definition) is 6. The van der Waals surface area contributed by atoms with Crippen molar-refractivity contribution in [1.29, 1.82) is 0 Å². The first-order valence-corrected chi connectivity index (χ1v) is 8.68. The minimum atomic E-state index is -1.28. The van der Waals surface area contributed by atoms with Crippen molar-refractivity contribution in [2.24, 2.45) is 0 Å². The van der Waals surface area contributed by atoms with Crippen LogP contribution in [0.5, 0.6) is 0 Å². The van der Waals surface area contributed by atoms with Crippen LogP contribution >= 0.6 is 11.8 Å². The number of carbonyl (C=O) groups is 2. The average Bonchev–Trinajstić information content (AvgIpc) is 2.53. The van der Waals surface area contributed by atoms with Crippen LogP contribution in [0.3, 0.4) is 0 Å². The maximum Gasteiger partial charge on any atom is 0.306 e. The Morgan fingerprint density at radius 2 is 1.78 bits per heavy atom. The van der Waals surface area contributed by atoms with Crippen molar-refractivity contribution >= 4 is 23.5 Å². The van der Waals surface area contributed by atoms with Gasteiger partial charge in [-0.1, -0.05) is 30.3 Å². The monoisotopic (exact) mass is 342 g/mol. The normalized spacial score (nSPS) is 10.5. The molecule has 0 fully saturated rings. The molecule has 0 aromatic heterocycles. The fourth-order valence-electron chi connectivity index (χ4n) is 1.44. The number of aliphatic hydroxyl groups is 1. The van der Waals surface area contributed by atoms with E-state index in [-0.39, 0.29) is 11.8 Å². The van der Waals surface area contributed by atoms with Gasteiger partial charge in [-0.15, -0.1) is 0 Å². The second kappa shape index (κ2) is 12.1. The van der Waals surface area contributed by atoms with Gasteiger partial charge in [0.2, 0.25) is 0 Å². The molecule has 0 unspecified atom stereocenters. The van der Waals surface area contributed by atoms with E-state index < -0.39 is 5.60 Å². The molecule has 23 heavy (non-hydrogen) atoms. The number of thioether (sulfide) groups is 1. The number of hydrogen-bond donors (Lipinski definition) is 1. The first-order valence-electron chi connectivity index (χ1n) is 7.28. The molecule has 5 nitrogen and oxygen atoms in total. The Morgan fingerprint density at radius 3 is 2.26 bits per heavy atom. The van der Waals surface area contributed by atoms with Gasteiger partial charge in [0.25, 0.3) is 0 Å². The summed E-state index contributed by atoms with van der Waals surface area (Å²) in [6, 6.07) is 8.78. The summed E-state index contributed by atoms with van der Waals surface area (Å²) in [5.74, 6) is 0.436. The van der Waals surface area contributed by atoms with E-state index in [2.05, 4.69) is 0 Å². The molecule has 1 N–H and O–H groups in total. The Kier molecular flexibility index (Phi) is 11.4. The molecule has 0 heterocycles. The van der Waals surface area contributed by atoms with Gasteiger partial charge in [0.15, 0.2) is 5.78 Å². The molecule has 0 radical (unpaired) electrons.